The van der Waals surface area contributed by atoms with E-state index in [1.807, 2.05) is 6.92 Å². The lowest BCUT2D eigenvalue weighted by Crippen LogP contribution is -2.33. The summed E-state index contributed by atoms with van der Waals surface area (Å²) in [6.07, 6.45) is 4.69. The number of aromatic nitrogens is 2. The highest BCUT2D eigenvalue weighted by atomic mass is 16.5. The van der Waals surface area contributed by atoms with Crippen molar-refractivity contribution in [3.8, 4) is 0 Å². The number of nitrogens with zero attached hydrogens (tertiary/aromatic N) is 3. The molecule has 14 heavy (non-hydrogen) atoms. The molecule has 0 N–H and O–H groups in total. The molecule has 0 unspecified atom stereocenters. The Bertz CT molecular complexity index is 272. The highest BCUT2D eigenvalue weighted by Crippen LogP contribution is 1.93. The third-order valence-corrected chi connectivity index (χ3v) is 1.83. The summed E-state index contributed by atoms with van der Waals surface area (Å²) in [5, 5.41) is 0. The van der Waals surface area contributed by atoms with Crippen molar-refractivity contribution in [2.45, 2.75) is 6.92 Å². The van der Waals surface area contributed by atoms with Crippen LogP contribution in [-0.2, 0) is 4.74 Å². The van der Waals surface area contributed by atoms with Gasteiger partial charge in [-0.05, 0) is 6.92 Å². The van der Waals surface area contributed by atoms with Crippen molar-refractivity contribution in [1.82, 2.24) is 14.5 Å². The minimum Gasteiger partial charge on any atom is -0.380 e. The summed E-state index contributed by atoms with van der Waals surface area (Å²) in [5.74, 6) is 0. The van der Waals surface area contributed by atoms with E-state index in [1.165, 1.54) is 10.9 Å². The topological polar surface area (TPSA) is 47.4 Å². The lowest BCUT2D eigenvalue weighted by atomic mass is 10.6. The van der Waals surface area contributed by atoms with Crippen LogP contribution in [0.1, 0.15) is 6.92 Å². The molecule has 0 aliphatic heterocycles. The molecule has 1 rings (SSSR count). The molecule has 5 heteroatoms. The van der Waals surface area contributed by atoms with Crippen LogP contribution in [0.5, 0.6) is 0 Å². The Labute approximate surface area is 83.3 Å². The van der Waals surface area contributed by atoms with Crippen LogP contribution in [0.15, 0.2) is 18.7 Å². The molecular weight excluding hydrogens is 182 g/mol. The van der Waals surface area contributed by atoms with Crippen LogP contribution < -0.4 is 0 Å². The second-order valence-corrected chi connectivity index (χ2v) is 2.87. The quantitative estimate of drug-likeness (QED) is 0.671. The maximum Gasteiger partial charge on any atom is 0.329 e. The first-order valence-electron chi connectivity index (χ1n) is 4.57. The van der Waals surface area contributed by atoms with E-state index in [9.17, 15) is 4.79 Å². The zero-order valence-corrected chi connectivity index (χ0v) is 8.51. The predicted octanol–water partition coefficient (Wildman–Crippen LogP) is 0.819. The molecule has 0 atom stereocenters. The van der Waals surface area contributed by atoms with Gasteiger partial charge < -0.3 is 9.64 Å². The average Bonchev–Trinajstić information content (AvgIpc) is 2.69. The zero-order chi connectivity index (χ0) is 10.4. The molecular formula is C9H15N3O2. The molecule has 0 spiro atoms. The monoisotopic (exact) mass is 197 g/mol. The van der Waals surface area contributed by atoms with Crippen LogP contribution in [0.3, 0.4) is 0 Å². The van der Waals surface area contributed by atoms with Crippen LogP contribution in [0.2, 0.25) is 0 Å². The third-order valence-electron chi connectivity index (χ3n) is 1.83. The van der Waals surface area contributed by atoms with E-state index in [0.717, 1.165) is 0 Å². The summed E-state index contributed by atoms with van der Waals surface area (Å²) in [7, 11) is 1.74. The van der Waals surface area contributed by atoms with Crippen molar-refractivity contribution < 1.29 is 9.53 Å². The minimum atomic E-state index is -0.0952. The summed E-state index contributed by atoms with van der Waals surface area (Å²) in [6.45, 7) is 3.75. The second-order valence-electron chi connectivity index (χ2n) is 2.87. The van der Waals surface area contributed by atoms with E-state index in [0.29, 0.717) is 19.8 Å². The van der Waals surface area contributed by atoms with Gasteiger partial charge in [-0.2, -0.15) is 0 Å². The molecule has 0 fully saturated rings. The van der Waals surface area contributed by atoms with E-state index in [2.05, 4.69) is 4.98 Å². The van der Waals surface area contributed by atoms with Gasteiger partial charge in [0.1, 0.15) is 6.33 Å². The van der Waals surface area contributed by atoms with Crippen LogP contribution >= 0.6 is 0 Å². The fourth-order valence-corrected chi connectivity index (χ4v) is 1.01. The summed E-state index contributed by atoms with van der Waals surface area (Å²) >= 11 is 0. The smallest absolute Gasteiger partial charge is 0.329 e. The van der Waals surface area contributed by atoms with Gasteiger partial charge in [0, 0.05) is 32.6 Å². The van der Waals surface area contributed by atoms with Crippen LogP contribution in [0, 0.1) is 0 Å². The SMILES string of the molecule is CCOCCN(C)C(=O)n1ccnc1. The Kier molecular flexibility index (Phi) is 4.12. The first-order chi connectivity index (χ1) is 6.75. The Balaban J connectivity index is 2.37. The van der Waals surface area contributed by atoms with Gasteiger partial charge in [0.25, 0.3) is 0 Å². The number of carbonyl (C=O) groups excluding carboxylic acids is 1. The van der Waals surface area contributed by atoms with E-state index >= 15 is 0 Å². The molecule has 0 saturated carbocycles. The summed E-state index contributed by atoms with van der Waals surface area (Å²) in [6, 6.07) is -0.0952. The number of imidazole rings is 1. The number of hydrogen-bond acceptors (Lipinski definition) is 3. The Hall–Kier alpha value is -1.36. The van der Waals surface area contributed by atoms with Crippen molar-refractivity contribution >= 4 is 6.03 Å². The van der Waals surface area contributed by atoms with Crippen molar-refractivity contribution in [3.05, 3.63) is 18.7 Å². The van der Waals surface area contributed by atoms with Gasteiger partial charge in [0.2, 0.25) is 0 Å². The van der Waals surface area contributed by atoms with Gasteiger partial charge in [-0.15, -0.1) is 0 Å². The zero-order valence-electron chi connectivity index (χ0n) is 8.51. The molecule has 1 amide bonds. The largest absolute Gasteiger partial charge is 0.380 e. The normalized spacial score (nSPS) is 10.1. The maximum atomic E-state index is 11.6. The molecule has 0 aliphatic carbocycles. The first kappa shape index (κ1) is 10.7. The van der Waals surface area contributed by atoms with E-state index in [4.69, 9.17) is 4.74 Å². The van der Waals surface area contributed by atoms with E-state index in [1.54, 1.807) is 24.3 Å². The van der Waals surface area contributed by atoms with Gasteiger partial charge >= 0.3 is 6.03 Å². The van der Waals surface area contributed by atoms with E-state index in [-0.39, 0.29) is 6.03 Å². The number of ether oxygens (including phenoxy) is 1. The Morgan fingerprint density at radius 3 is 3.00 bits per heavy atom. The average molecular weight is 197 g/mol. The van der Waals surface area contributed by atoms with Crippen LogP contribution in [-0.4, -0.2) is 47.3 Å². The van der Waals surface area contributed by atoms with Gasteiger partial charge in [0.15, 0.2) is 0 Å². The summed E-state index contributed by atoms with van der Waals surface area (Å²) in [5.41, 5.74) is 0. The number of rotatable bonds is 4. The number of likely N-dealkylation sites (N-methyl/N-ethyl adjacent to an activating group) is 1. The Morgan fingerprint density at radius 2 is 2.43 bits per heavy atom. The summed E-state index contributed by atoms with van der Waals surface area (Å²) in [4.78, 5) is 17.0. The highest BCUT2D eigenvalue weighted by molar-refractivity contribution is 5.76. The summed E-state index contributed by atoms with van der Waals surface area (Å²) < 4.78 is 6.59. The van der Waals surface area contributed by atoms with Crippen molar-refractivity contribution in [3.63, 3.8) is 0 Å². The first-order valence-corrected chi connectivity index (χ1v) is 4.57. The van der Waals surface area contributed by atoms with Crippen LogP contribution in [0.4, 0.5) is 4.79 Å². The third kappa shape index (κ3) is 2.85. The van der Waals surface area contributed by atoms with Gasteiger partial charge in [-0.1, -0.05) is 0 Å². The molecule has 0 radical (unpaired) electrons. The fourth-order valence-electron chi connectivity index (χ4n) is 1.01. The van der Waals surface area contributed by atoms with E-state index < -0.39 is 0 Å². The molecule has 1 heterocycles. The standard InChI is InChI=1S/C9H15N3O2/c1-3-14-7-6-11(2)9(13)12-5-4-10-8-12/h4-5,8H,3,6-7H2,1-2H3. The minimum absolute atomic E-state index is 0.0952. The molecule has 1 aromatic heterocycles. The molecule has 0 aromatic carbocycles. The fraction of sp³-hybridized carbons (Fsp3) is 0.556. The lowest BCUT2D eigenvalue weighted by molar-refractivity contribution is 0.126. The number of hydrogen-bond donors (Lipinski definition) is 0. The van der Waals surface area contributed by atoms with Crippen molar-refractivity contribution in [2.24, 2.45) is 0 Å². The van der Waals surface area contributed by atoms with Gasteiger partial charge in [-0.25, -0.2) is 9.78 Å². The maximum absolute atomic E-state index is 11.6. The molecule has 0 aliphatic rings. The molecule has 78 valence electrons. The number of carbonyl (C=O) groups is 1. The van der Waals surface area contributed by atoms with Crippen molar-refractivity contribution in [1.29, 1.82) is 0 Å². The van der Waals surface area contributed by atoms with Crippen LogP contribution in [0.25, 0.3) is 0 Å². The molecule has 1 aromatic rings. The molecule has 5 nitrogen and oxygen atoms in total. The van der Waals surface area contributed by atoms with Gasteiger partial charge in [-0.3, -0.25) is 4.57 Å². The molecule has 0 saturated heterocycles. The predicted molar refractivity (Wildman–Crippen MR) is 52.1 cm³/mol. The number of amides is 1. The second kappa shape index (κ2) is 5.39. The van der Waals surface area contributed by atoms with Crippen molar-refractivity contribution in [2.75, 3.05) is 26.8 Å². The Morgan fingerprint density at radius 1 is 1.64 bits per heavy atom. The molecule has 0 bridgehead atoms. The van der Waals surface area contributed by atoms with Gasteiger partial charge in [0.05, 0.1) is 6.61 Å². The lowest BCUT2D eigenvalue weighted by Gasteiger charge is -2.16. The highest BCUT2D eigenvalue weighted by Gasteiger charge is 2.09.